The Bertz CT molecular complexity index is 508. The first-order valence-electron chi connectivity index (χ1n) is 7.24. The molecular formula is C15H23N3O2. The Labute approximate surface area is 119 Å². The lowest BCUT2D eigenvalue weighted by Crippen LogP contribution is -2.30. The highest BCUT2D eigenvalue weighted by Gasteiger charge is 2.27. The van der Waals surface area contributed by atoms with E-state index >= 15 is 0 Å². The molecule has 0 spiro atoms. The third-order valence-electron chi connectivity index (χ3n) is 4.41. The maximum atomic E-state index is 11.4. The van der Waals surface area contributed by atoms with Gasteiger partial charge in [0.05, 0.1) is 5.69 Å². The molecule has 0 unspecified atom stereocenters. The van der Waals surface area contributed by atoms with Crippen molar-refractivity contribution in [3.63, 3.8) is 0 Å². The van der Waals surface area contributed by atoms with Crippen molar-refractivity contribution >= 4 is 11.8 Å². The van der Waals surface area contributed by atoms with E-state index in [1.807, 2.05) is 0 Å². The largest absolute Gasteiger partial charge is 0.478 e. The highest BCUT2D eigenvalue weighted by atomic mass is 16.4. The van der Waals surface area contributed by atoms with E-state index in [0.29, 0.717) is 17.1 Å². The van der Waals surface area contributed by atoms with Gasteiger partial charge in [0, 0.05) is 6.54 Å². The monoisotopic (exact) mass is 277 g/mol. The molecule has 110 valence electrons. The third-order valence-corrected chi connectivity index (χ3v) is 4.41. The minimum Gasteiger partial charge on any atom is -0.478 e. The van der Waals surface area contributed by atoms with E-state index in [4.69, 9.17) is 0 Å². The summed E-state index contributed by atoms with van der Waals surface area (Å²) in [6, 6.07) is 0. The van der Waals surface area contributed by atoms with Crippen molar-refractivity contribution in [3.8, 4) is 0 Å². The van der Waals surface area contributed by atoms with Crippen LogP contribution >= 0.6 is 0 Å². The molecule has 0 amide bonds. The fraction of sp³-hybridized carbons (Fsp3) is 0.667. The van der Waals surface area contributed by atoms with Crippen LogP contribution in [0.5, 0.6) is 0 Å². The second-order valence-electron chi connectivity index (χ2n) is 6.16. The van der Waals surface area contributed by atoms with Gasteiger partial charge in [0.25, 0.3) is 0 Å². The van der Waals surface area contributed by atoms with Gasteiger partial charge >= 0.3 is 5.97 Å². The number of hydrogen-bond donors (Lipinski definition) is 2. The molecule has 2 rings (SSSR count). The average molecular weight is 277 g/mol. The Hall–Kier alpha value is -1.65. The van der Waals surface area contributed by atoms with Crippen LogP contribution in [0.3, 0.4) is 0 Å². The maximum Gasteiger partial charge on any atom is 0.339 e. The number of hydrogen-bond acceptors (Lipinski definition) is 4. The third kappa shape index (κ3) is 3.08. The highest BCUT2D eigenvalue weighted by Crippen LogP contribution is 2.36. The average Bonchev–Trinajstić information content (AvgIpc) is 2.40. The van der Waals surface area contributed by atoms with E-state index in [0.717, 1.165) is 6.54 Å². The molecule has 1 aliphatic rings. The molecule has 5 heteroatoms. The zero-order valence-corrected chi connectivity index (χ0v) is 12.5. The Morgan fingerprint density at radius 3 is 2.50 bits per heavy atom. The highest BCUT2D eigenvalue weighted by molar-refractivity contribution is 5.94. The van der Waals surface area contributed by atoms with Crippen LogP contribution < -0.4 is 5.32 Å². The lowest BCUT2D eigenvalue weighted by Gasteiger charge is -2.34. The van der Waals surface area contributed by atoms with Crippen molar-refractivity contribution in [2.24, 2.45) is 5.41 Å². The summed E-state index contributed by atoms with van der Waals surface area (Å²) in [6.07, 6.45) is 6.17. The number of nitrogens with zero attached hydrogens (tertiary/aromatic N) is 2. The SMILES string of the molecule is Cc1nnc(NCC2(C)CCCCC2)c(C(=O)O)c1C. The van der Waals surface area contributed by atoms with E-state index in [-0.39, 0.29) is 11.0 Å². The molecule has 2 N–H and O–H groups in total. The molecule has 0 radical (unpaired) electrons. The molecule has 1 saturated carbocycles. The molecule has 1 aromatic heterocycles. The Kier molecular flexibility index (Phi) is 4.26. The molecule has 1 aliphatic carbocycles. The van der Waals surface area contributed by atoms with Crippen molar-refractivity contribution < 1.29 is 9.90 Å². The zero-order valence-electron chi connectivity index (χ0n) is 12.5. The number of carbonyl (C=O) groups is 1. The topological polar surface area (TPSA) is 75.1 Å². The van der Waals surface area contributed by atoms with Gasteiger partial charge in [-0.2, -0.15) is 5.10 Å². The quantitative estimate of drug-likeness (QED) is 0.884. The summed E-state index contributed by atoms with van der Waals surface area (Å²) in [5, 5.41) is 20.6. The van der Waals surface area contributed by atoms with Crippen molar-refractivity contribution in [2.45, 2.75) is 52.9 Å². The summed E-state index contributed by atoms with van der Waals surface area (Å²) < 4.78 is 0. The molecule has 1 heterocycles. The lowest BCUT2D eigenvalue weighted by molar-refractivity contribution is 0.0696. The summed E-state index contributed by atoms with van der Waals surface area (Å²) in [4.78, 5) is 11.4. The van der Waals surface area contributed by atoms with E-state index in [2.05, 4.69) is 22.4 Å². The van der Waals surface area contributed by atoms with Crippen LogP contribution in [0.15, 0.2) is 0 Å². The molecule has 0 aliphatic heterocycles. The molecule has 0 atom stereocenters. The van der Waals surface area contributed by atoms with Gasteiger partial charge in [0.2, 0.25) is 0 Å². The molecule has 1 fully saturated rings. The first-order valence-corrected chi connectivity index (χ1v) is 7.24. The summed E-state index contributed by atoms with van der Waals surface area (Å²) in [6.45, 7) is 6.57. The molecule has 0 aromatic carbocycles. The van der Waals surface area contributed by atoms with Crippen molar-refractivity contribution in [2.75, 3.05) is 11.9 Å². The van der Waals surface area contributed by atoms with Crippen LogP contribution in [0.4, 0.5) is 5.82 Å². The van der Waals surface area contributed by atoms with Crippen LogP contribution in [0, 0.1) is 19.3 Å². The number of anilines is 1. The first kappa shape index (κ1) is 14.8. The maximum absolute atomic E-state index is 11.4. The van der Waals surface area contributed by atoms with Gasteiger partial charge in [-0.15, -0.1) is 5.10 Å². The summed E-state index contributed by atoms with van der Waals surface area (Å²) in [7, 11) is 0. The number of aromatic nitrogens is 2. The predicted octanol–water partition coefficient (Wildman–Crippen LogP) is 3.17. The number of aromatic carboxylic acids is 1. The first-order chi connectivity index (χ1) is 9.43. The smallest absolute Gasteiger partial charge is 0.339 e. The molecule has 20 heavy (non-hydrogen) atoms. The number of carboxylic acids is 1. The van der Waals surface area contributed by atoms with Crippen LogP contribution in [-0.4, -0.2) is 27.8 Å². The van der Waals surface area contributed by atoms with Gasteiger partial charge < -0.3 is 10.4 Å². The van der Waals surface area contributed by atoms with Crippen LogP contribution in [0.2, 0.25) is 0 Å². The fourth-order valence-corrected chi connectivity index (χ4v) is 2.87. The molecule has 5 nitrogen and oxygen atoms in total. The van der Waals surface area contributed by atoms with Gasteiger partial charge in [-0.05, 0) is 37.7 Å². The minimum absolute atomic E-state index is 0.231. The van der Waals surface area contributed by atoms with Crippen LogP contribution in [0.1, 0.15) is 60.6 Å². The van der Waals surface area contributed by atoms with E-state index in [9.17, 15) is 9.90 Å². The van der Waals surface area contributed by atoms with Crippen LogP contribution in [0.25, 0.3) is 0 Å². The normalized spacial score (nSPS) is 17.8. The predicted molar refractivity (Wildman–Crippen MR) is 78.1 cm³/mol. The van der Waals surface area contributed by atoms with E-state index in [1.165, 1.54) is 32.1 Å². The zero-order chi connectivity index (χ0) is 14.8. The summed E-state index contributed by atoms with van der Waals surface area (Å²) in [5.74, 6) is -0.552. The fourth-order valence-electron chi connectivity index (χ4n) is 2.87. The standard InChI is InChI=1S/C15H23N3O2/c1-10-11(2)17-18-13(12(10)14(19)20)16-9-15(3)7-5-4-6-8-15/h4-9H2,1-3H3,(H,16,18)(H,19,20). The van der Waals surface area contributed by atoms with Gasteiger partial charge in [0.1, 0.15) is 5.56 Å². The second-order valence-corrected chi connectivity index (χ2v) is 6.16. The van der Waals surface area contributed by atoms with E-state index in [1.54, 1.807) is 13.8 Å². The molecule has 0 bridgehead atoms. The number of rotatable bonds is 4. The number of aryl methyl sites for hydroxylation is 1. The van der Waals surface area contributed by atoms with E-state index < -0.39 is 5.97 Å². The molecular weight excluding hydrogens is 254 g/mol. The van der Waals surface area contributed by atoms with Gasteiger partial charge in [-0.25, -0.2) is 4.79 Å². The second kappa shape index (κ2) is 5.77. The number of nitrogens with one attached hydrogen (secondary N) is 1. The van der Waals surface area contributed by atoms with Gasteiger partial charge in [0.15, 0.2) is 5.82 Å². The lowest BCUT2D eigenvalue weighted by atomic mass is 9.76. The van der Waals surface area contributed by atoms with Gasteiger partial charge in [-0.3, -0.25) is 0 Å². The summed E-state index contributed by atoms with van der Waals surface area (Å²) >= 11 is 0. The van der Waals surface area contributed by atoms with Crippen molar-refractivity contribution in [1.82, 2.24) is 10.2 Å². The molecule has 1 aromatic rings. The minimum atomic E-state index is -0.947. The van der Waals surface area contributed by atoms with Crippen LogP contribution in [-0.2, 0) is 0 Å². The molecule has 0 saturated heterocycles. The Morgan fingerprint density at radius 2 is 1.90 bits per heavy atom. The summed E-state index contributed by atoms with van der Waals surface area (Å²) in [5.41, 5.74) is 1.83. The number of carboxylic acid groups (broad SMARTS) is 1. The van der Waals surface area contributed by atoms with Gasteiger partial charge in [-0.1, -0.05) is 26.2 Å². The van der Waals surface area contributed by atoms with Crippen molar-refractivity contribution in [3.05, 3.63) is 16.8 Å². The Balaban J connectivity index is 2.17. The Morgan fingerprint density at radius 1 is 1.25 bits per heavy atom. The van der Waals surface area contributed by atoms with Crippen molar-refractivity contribution in [1.29, 1.82) is 0 Å².